The van der Waals surface area contributed by atoms with Crippen LogP contribution < -0.4 is 5.32 Å². The molecule has 4 nitrogen and oxygen atoms in total. The molecular weight excluding hydrogens is 358 g/mol. The Bertz CT molecular complexity index is 414. The molecule has 0 aliphatic carbocycles. The van der Waals surface area contributed by atoms with Gasteiger partial charge in [0, 0.05) is 18.5 Å². The molecule has 1 saturated heterocycles. The van der Waals surface area contributed by atoms with Crippen LogP contribution in [0.2, 0.25) is 0 Å². The van der Waals surface area contributed by atoms with Gasteiger partial charge in [-0.25, -0.2) is 0 Å². The molecule has 1 aliphatic rings. The van der Waals surface area contributed by atoms with Crippen LogP contribution in [0.15, 0.2) is 0 Å². The van der Waals surface area contributed by atoms with E-state index in [-0.39, 0.29) is 11.3 Å². The zero-order chi connectivity index (χ0) is 21.5. The Kier molecular flexibility index (Phi) is 13.9. The number of carbonyl (C=O) groups is 1. The molecule has 1 amide bonds. The van der Waals surface area contributed by atoms with Crippen molar-refractivity contribution in [2.75, 3.05) is 45.8 Å². The summed E-state index contributed by atoms with van der Waals surface area (Å²) in [7, 11) is 0. The Morgan fingerprint density at radius 3 is 2.14 bits per heavy atom. The Hall–Kier alpha value is -0.610. The summed E-state index contributed by atoms with van der Waals surface area (Å²) >= 11 is 0. The molecule has 4 heteroatoms. The van der Waals surface area contributed by atoms with Crippen molar-refractivity contribution in [2.24, 2.45) is 11.3 Å². The summed E-state index contributed by atoms with van der Waals surface area (Å²) in [4.78, 5) is 18.2. The number of rotatable bonds is 16. The van der Waals surface area contributed by atoms with E-state index in [1.165, 1.54) is 71.1 Å². The summed E-state index contributed by atoms with van der Waals surface area (Å²) < 4.78 is 0. The van der Waals surface area contributed by atoms with Gasteiger partial charge >= 0.3 is 0 Å². The average Bonchev–Trinajstić information content (AvgIpc) is 2.72. The fourth-order valence-corrected chi connectivity index (χ4v) is 4.63. The molecule has 1 fully saturated rings. The molecule has 29 heavy (non-hydrogen) atoms. The molecule has 1 rings (SSSR count). The third-order valence-corrected chi connectivity index (χ3v) is 6.74. The highest BCUT2D eigenvalue weighted by Gasteiger charge is 2.33. The van der Waals surface area contributed by atoms with Gasteiger partial charge in [-0.2, -0.15) is 0 Å². The summed E-state index contributed by atoms with van der Waals surface area (Å²) in [5.74, 6) is 0.835. The Labute approximate surface area is 182 Å². The monoisotopic (exact) mass is 409 g/mol. The summed E-state index contributed by atoms with van der Waals surface area (Å²) in [6.07, 6.45) is 12.1. The molecule has 0 aromatic heterocycles. The molecule has 1 heterocycles. The van der Waals surface area contributed by atoms with E-state index in [4.69, 9.17) is 0 Å². The van der Waals surface area contributed by atoms with Crippen LogP contribution in [0.5, 0.6) is 0 Å². The quantitative estimate of drug-likeness (QED) is 0.350. The standard InChI is InChI=1S/C25H51N3O/c1-6-9-16-27(17-10-7-2)20-14-15-26-24(29)25(5,8-3)21-23(4)22-28-18-12-11-13-19-28/h23H,6-22H2,1-5H3,(H,26,29). The number of nitrogens with zero attached hydrogens (tertiary/aromatic N) is 2. The van der Waals surface area contributed by atoms with Crippen LogP contribution in [0, 0.1) is 11.3 Å². The maximum atomic E-state index is 13.0. The molecule has 0 radical (unpaired) electrons. The topological polar surface area (TPSA) is 35.6 Å². The Balaban J connectivity index is 2.37. The first kappa shape index (κ1) is 26.4. The minimum atomic E-state index is -0.237. The Morgan fingerprint density at radius 1 is 1.00 bits per heavy atom. The van der Waals surface area contributed by atoms with Crippen molar-refractivity contribution < 1.29 is 4.79 Å². The smallest absolute Gasteiger partial charge is 0.225 e. The van der Waals surface area contributed by atoms with Crippen LogP contribution in [0.1, 0.15) is 98.8 Å². The number of unbranched alkanes of at least 4 members (excludes halogenated alkanes) is 2. The van der Waals surface area contributed by atoms with E-state index in [0.717, 1.165) is 38.9 Å². The number of piperidine rings is 1. The highest BCUT2D eigenvalue weighted by Crippen LogP contribution is 2.31. The van der Waals surface area contributed by atoms with Crippen molar-refractivity contribution in [2.45, 2.75) is 98.8 Å². The number of nitrogens with one attached hydrogen (secondary N) is 1. The van der Waals surface area contributed by atoms with Gasteiger partial charge in [-0.1, -0.05) is 53.9 Å². The van der Waals surface area contributed by atoms with E-state index in [9.17, 15) is 4.79 Å². The molecular formula is C25H51N3O. The summed E-state index contributed by atoms with van der Waals surface area (Å²) in [5.41, 5.74) is -0.237. The molecule has 0 saturated carbocycles. The van der Waals surface area contributed by atoms with Gasteiger partial charge in [-0.3, -0.25) is 4.79 Å². The van der Waals surface area contributed by atoms with Gasteiger partial charge in [0.2, 0.25) is 5.91 Å². The fourth-order valence-electron chi connectivity index (χ4n) is 4.63. The largest absolute Gasteiger partial charge is 0.356 e. The van der Waals surface area contributed by atoms with Crippen LogP contribution in [0.4, 0.5) is 0 Å². The second-order valence-corrected chi connectivity index (χ2v) is 9.74. The minimum absolute atomic E-state index is 0.237. The molecule has 0 aromatic rings. The van der Waals surface area contributed by atoms with Gasteiger partial charge in [0.25, 0.3) is 0 Å². The van der Waals surface area contributed by atoms with Gasteiger partial charge in [0.05, 0.1) is 0 Å². The van der Waals surface area contributed by atoms with Crippen molar-refractivity contribution in [3.8, 4) is 0 Å². The lowest BCUT2D eigenvalue weighted by molar-refractivity contribution is -0.131. The zero-order valence-corrected chi connectivity index (χ0v) is 20.4. The number of amides is 1. The van der Waals surface area contributed by atoms with E-state index in [1.54, 1.807) is 0 Å². The molecule has 172 valence electrons. The van der Waals surface area contributed by atoms with Gasteiger partial charge in [0.15, 0.2) is 0 Å². The molecule has 2 unspecified atom stereocenters. The van der Waals surface area contributed by atoms with Crippen molar-refractivity contribution in [1.29, 1.82) is 0 Å². The number of hydrogen-bond donors (Lipinski definition) is 1. The molecule has 1 N–H and O–H groups in total. The predicted octanol–water partition coefficient (Wildman–Crippen LogP) is 5.32. The highest BCUT2D eigenvalue weighted by molar-refractivity contribution is 5.82. The highest BCUT2D eigenvalue weighted by atomic mass is 16.2. The van der Waals surface area contributed by atoms with E-state index in [2.05, 4.69) is 49.7 Å². The van der Waals surface area contributed by atoms with E-state index < -0.39 is 0 Å². The lowest BCUT2D eigenvalue weighted by Crippen LogP contribution is -2.42. The van der Waals surface area contributed by atoms with Gasteiger partial charge in [-0.05, 0) is 83.6 Å². The summed E-state index contributed by atoms with van der Waals surface area (Å²) in [5, 5.41) is 3.27. The van der Waals surface area contributed by atoms with Gasteiger partial charge in [0.1, 0.15) is 0 Å². The minimum Gasteiger partial charge on any atom is -0.356 e. The molecule has 0 aromatic carbocycles. The van der Waals surface area contributed by atoms with Crippen LogP contribution in [-0.4, -0.2) is 61.5 Å². The second-order valence-electron chi connectivity index (χ2n) is 9.74. The lowest BCUT2D eigenvalue weighted by atomic mass is 9.78. The Morgan fingerprint density at radius 2 is 1.59 bits per heavy atom. The summed E-state index contributed by atoms with van der Waals surface area (Å²) in [6, 6.07) is 0. The summed E-state index contributed by atoms with van der Waals surface area (Å²) in [6.45, 7) is 19.1. The first-order chi connectivity index (χ1) is 13.9. The third kappa shape index (κ3) is 10.8. The number of carbonyl (C=O) groups excluding carboxylic acids is 1. The number of hydrogen-bond acceptors (Lipinski definition) is 3. The van der Waals surface area contributed by atoms with Crippen molar-refractivity contribution in [3.05, 3.63) is 0 Å². The first-order valence-corrected chi connectivity index (χ1v) is 12.7. The second kappa shape index (κ2) is 15.2. The van der Waals surface area contributed by atoms with Crippen molar-refractivity contribution in [1.82, 2.24) is 15.1 Å². The molecule has 0 spiro atoms. The third-order valence-electron chi connectivity index (χ3n) is 6.74. The molecule has 0 bridgehead atoms. The molecule has 1 aliphatic heterocycles. The van der Waals surface area contributed by atoms with Crippen LogP contribution in [0.3, 0.4) is 0 Å². The lowest BCUT2D eigenvalue weighted by Gasteiger charge is -2.34. The van der Waals surface area contributed by atoms with E-state index in [0.29, 0.717) is 5.92 Å². The first-order valence-electron chi connectivity index (χ1n) is 12.7. The maximum absolute atomic E-state index is 13.0. The zero-order valence-electron chi connectivity index (χ0n) is 20.4. The van der Waals surface area contributed by atoms with Gasteiger partial charge < -0.3 is 15.1 Å². The van der Waals surface area contributed by atoms with E-state index in [1.807, 2.05) is 0 Å². The number of likely N-dealkylation sites (tertiary alicyclic amines) is 1. The van der Waals surface area contributed by atoms with E-state index >= 15 is 0 Å². The van der Waals surface area contributed by atoms with Crippen LogP contribution >= 0.6 is 0 Å². The molecule has 2 atom stereocenters. The fraction of sp³-hybridized carbons (Fsp3) is 0.960. The van der Waals surface area contributed by atoms with Crippen molar-refractivity contribution >= 4 is 5.91 Å². The normalized spacial score (nSPS) is 18.6. The SMILES string of the molecule is CCCCN(CCCC)CCCNC(=O)C(C)(CC)CC(C)CN1CCCCC1. The maximum Gasteiger partial charge on any atom is 0.225 e. The predicted molar refractivity (Wildman–Crippen MR) is 126 cm³/mol. The van der Waals surface area contributed by atoms with Crippen molar-refractivity contribution in [3.63, 3.8) is 0 Å². The van der Waals surface area contributed by atoms with Crippen LogP contribution in [0.25, 0.3) is 0 Å². The average molecular weight is 410 g/mol. The van der Waals surface area contributed by atoms with Gasteiger partial charge in [-0.15, -0.1) is 0 Å². The van der Waals surface area contributed by atoms with Crippen LogP contribution in [-0.2, 0) is 4.79 Å².